The van der Waals surface area contributed by atoms with Crippen LogP contribution in [0.3, 0.4) is 0 Å². The first kappa shape index (κ1) is 20.5. The Hall–Kier alpha value is -3.28. The minimum absolute atomic E-state index is 0.759. The second-order valence-corrected chi connectivity index (χ2v) is 6.62. The highest BCUT2D eigenvalue weighted by Crippen LogP contribution is 2.21. The van der Waals surface area contributed by atoms with Crippen molar-refractivity contribution < 1.29 is 4.74 Å². The third-order valence-electron chi connectivity index (χ3n) is 4.83. The average molecular weight is 392 g/mol. The molecule has 0 unspecified atom stereocenters. The quantitative estimate of drug-likeness (QED) is 0.521. The third kappa shape index (κ3) is 5.60. The molecule has 152 valence electrons. The van der Waals surface area contributed by atoms with E-state index in [9.17, 15) is 0 Å². The van der Waals surface area contributed by atoms with E-state index in [0.717, 1.165) is 49.1 Å². The van der Waals surface area contributed by atoms with Crippen molar-refractivity contribution in [3.63, 3.8) is 0 Å². The summed E-state index contributed by atoms with van der Waals surface area (Å²) in [5.41, 5.74) is 3.39. The molecular formula is C23H29N5O. The van der Waals surface area contributed by atoms with Crippen LogP contribution in [0.5, 0.6) is 5.75 Å². The summed E-state index contributed by atoms with van der Waals surface area (Å²) in [4.78, 5) is 11.0. The van der Waals surface area contributed by atoms with Gasteiger partial charge in [-0.3, -0.25) is 0 Å². The smallest absolute Gasteiger partial charge is 0.135 e. The molecule has 0 radical (unpaired) electrons. The first-order valence-corrected chi connectivity index (χ1v) is 10.0. The molecule has 0 spiro atoms. The molecule has 0 amide bonds. The van der Waals surface area contributed by atoms with Crippen molar-refractivity contribution in [2.45, 2.75) is 20.3 Å². The van der Waals surface area contributed by atoms with Gasteiger partial charge in [0.05, 0.1) is 7.11 Å². The van der Waals surface area contributed by atoms with Gasteiger partial charge >= 0.3 is 0 Å². The van der Waals surface area contributed by atoms with Crippen LogP contribution in [0.25, 0.3) is 0 Å². The number of hydrogen-bond acceptors (Lipinski definition) is 6. The molecule has 3 aromatic rings. The van der Waals surface area contributed by atoms with Gasteiger partial charge in [0, 0.05) is 37.1 Å². The molecule has 0 saturated carbocycles. The first-order chi connectivity index (χ1) is 14.2. The summed E-state index contributed by atoms with van der Waals surface area (Å²) in [6.07, 6.45) is 2.42. The van der Waals surface area contributed by atoms with Gasteiger partial charge in [0.2, 0.25) is 0 Å². The van der Waals surface area contributed by atoms with E-state index in [-0.39, 0.29) is 0 Å². The molecule has 2 N–H and O–H groups in total. The average Bonchev–Trinajstić information content (AvgIpc) is 2.76. The summed E-state index contributed by atoms with van der Waals surface area (Å²) < 4.78 is 5.40. The van der Waals surface area contributed by atoms with Crippen LogP contribution in [0.2, 0.25) is 0 Å². The van der Waals surface area contributed by atoms with Crippen molar-refractivity contribution >= 4 is 23.0 Å². The van der Waals surface area contributed by atoms with E-state index in [1.54, 1.807) is 13.4 Å². The fourth-order valence-corrected chi connectivity index (χ4v) is 3.25. The number of para-hydroxylation sites is 1. The molecule has 1 heterocycles. The van der Waals surface area contributed by atoms with Crippen molar-refractivity contribution in [1.82, 2.24) is 9.97 Å². The molecule has 3 rings (SSSR count). The van der Waals surface area contributed by atoms with Crippen molar-refractivity contribution in [2.24, 2.45) is 0 Å². The fraction of sp³-hybridized carbons (Fsp3) is 0.304. The molecule has 0 atom stereocenters. The molecule has 0 saturated heterocycles. The SMILES string of the molecule is CCN(CC)c1ccc(Nc2cc(NCCc3ccccc3OC)ncn2)cc1. The maximum atomic E-state index is 5.40. The molecule has 1 aromatic heterocycles. The molecule has 2 aromatic carbocycles. The van der Waals surface area contributed by atoms with Crippen LogP contribution in [0.1, 0.15) is 19.4 Å². The highest BCUT2D eigenvalue weighted by atomic mass is 16.5. The predicted molar refractivity (Wildman–Crippen MR) is 121 cm³/mol. The van der Waals surface area contributed by atoms with Crippen molar-refractivity contribution in [3.8, 4) is 5.75 Å². The maximum Gasteiger partial charge on any atom is 0.135 e. The first-order valence-electron chi connectivity index (χ1n) is 10.0. The van der Waals surface area contributed by atoms with Crippen LogP contribution < -0.4 is 20.3 Å². The molecule has 0 aliphatic carbocycles. The topological polar surface area (TPSA) is 62.3 Å². The Morgan fingerprint density at radius 3 is 2.38 bits per heavy atom. The summed E-state index contributed by atoms with van der Waals surface area (Å²) in [6.45, 7) is 7.09. The largest absolute Gasteiger partial charge is 0.496 e. The Kier molecular flexibility index (Phi) is 7.28. The third-order valence-corrected chi connectivity index (χ3v) is 4.83. The second kappa shape index (κ2) is 10.3. The van der Waals surface area contributed by atoms with Gasteiger partial charge in [-0.1, -0.05) is 18.2 Å². The highest BCUT2D eigenvalue weighted by Gasteiger charge is 2.04. The highest BCUT2D eigenvalue weighted by molar-refractivity contribution is 5.62. The molecule has 29 heavy (non-hydrogen) atoms. The number of aromatic nitrogens is 2. The number of methoxy groups -OCH3 is 1. The Morgan fingerprint density at radius 2 is 1.66 bits per heavy atom. The lowest BCUT2D eigenvalue weighted by atomic mass is 10.1. The molecule has 0 aliphatic heterocycles. The predicted octanol–water partition coefficient (Wildman–Crippen LogP) is 4.73. The van der Waals surface area contributed by atoms with Gasteiger partial charge in [0.1, 0.15) is 23.7 Å². The monoisotopic (exact) mass is 391 g/mol. The van der Waals surface area contributed by atoms with Gasteiger partial charge in [0.25, 0.3) is 0 Å². The number of hydrogen-bond donors (Lipinski definition) is 2. The second-order valence-electron chi connectivity index (χ2n) is 6.62. The lowest BCUT2D eigenvalue weighted by Gasteiger charge is -2.21. The fourth-order valence-electron chi connectivity index (χ4n) is 3.25. The molecule has 6 nitrogen and oxygen atoms in total. The lowest BCUT2D eigenvalue weighted by molar-refractivity contribution is 0.410. The van der Waals surface area contributed by atoms with Crippen molar-refractivity contribution in [2.75, 3.05) is 42.3 Å². The number of nitrogens with zero attached hydrogens (tertiary/aromatic N) is 3. The van der Waals surface area contributed by atoms with Crippen molar-refractivity contribution in [1.29, 1.82) is 0 Å². The number of rotatable bonds is 10. The summed E-state index contributed by atoms with van der Waals surface area (Å²) in [6, 6.07) is 18.4. The zero-order chi connectivity index (χ0) is 20.5. The number of anilines is 4. The Labute approximate surface area is 173 Å². The molecule has 0 bridgehead atoms. The van der Waals surface area contributed by atoms with Crippen molar-refractivity contribution in [3.05, 3.63) is 66.5 Å². The maximum absolute atomic E-state index is 5.40. The standard InChI is InChI=1S/C23H29N5O/c1-4-28(5-2)20-12-10-19(11-13-20)27-23-16-22(25-17-26-23)24-15-14-18-8-6-7-9-21(18)29-3/h6-13,16-17H,4-5,14-15H2,1-3H3,(H2,24,25,26,27). The summed E-state index contributed by atoms with van der Waals surface area (Å²) in [5.74, 6) is 2.46. The number of nitrogens with one attached hydrogen (secondary N) is 2. The van der Waals surface area contributed by atoms with Gasteiger partial charge in [-0.05, 0) is 56.2 Å². The Balaban J connectivity index is 1.58. The normalized spacial score (nSPS) is 10.4. The van der Waals surface area contributed by atoms with Gasteiger partial charge in [-0.15, -0.1) is 0 Å². The summed E-state index contributed by atoms with van der Waals surface area (Å²) >= 11 is 0. The van der Waals surface area contributed by atoms with E-state index in [1.807, 2.05) is 24.3 Å². The number of benzene rings is 2. The number of ether oxygens (including phenoxy) is 1. The van der Waals surface area contributed by atoms with Crippen LogP contribution in [0.15, 0.2) is 60.9 Å². The van der Waals surface area contributed by atoms with Crippen LogP contribution in [0.4, 0.5) is 23.0 Å². The van der Waals surface area contributed by atoms with E-state index < -0.39 is 0 Å². The molecule has 0 fully saturated rings. The van der Waals surface area contributed by atoms with Crippen LogP contribution in [0, 0.1) is 0 Å². The Morgan fingerprint density at radius 1 is 0.931 bits per heavy atom. The zero-order valence-corrected chi connectivity index (χ0v) is 17.4. The van der Waals surface area contributed by atoms with Crippen LogP contribution in [-0.2, 0) is 6.42 Å². The zero-order valence-electron chi connectivity index (χ0n) is 17.4. The van der Waals surface area contributed by atoms with Gasteiger partial charge in [-0.2, -0.15) is 0 Å². The molecular weight excluding hydrogens is 362 g/mol. The summed E-state index contributed by atoms with van der Waals surface area (Å²) in [7, 11) is 1.70. The minimum Gasteiger partial charge on any atom is -0.496 e. The Bertz CT molecular complexity index is 894. The van der Waals surface area contributed by atoms with E-state index >= 15 is 0 Å². The van der Waals surface area contributed by atoms with E-state index in [1.165, 1.54) is 11.3 Å². The van der Waals surface area contributed by atoms with Gasteiger partial charge in [0.15, 0.2) is 0 Å². The van der Waals surface area contributed by atoms with Gasteiger partial charge in [-0.25, -0.2) is 9.97 Å². The minimum atomic E-state index is 0.759. The molecule has 0 aliphatic rings. The van der Waals surface area contributed by atoms with E-state index in [0.29, 0.717) is 0 Å². The van der Waals surface area contributed by atoms with E-state index in [2.05, 4.69) is 69.7 Å². The van der Waals surface area contributed by atoms with Crippen LogP contribution >= 0.6 is 0 Å². The molecule has 6 heteroatoms. The van der Waals surface area contributed by atoms with Gasteiger partial charge < -0.3 is 20.3 Å². The lowest BCUT2D eigenvalue weighted by Crippen LogP contribution is -2.21. The van der Waals surface area contributed by atoms with E-state index in [4.69, 9.17) is 4.74 Å². The van der Waals surface area contributed by atoms with Crippen LogP contribution in [-0.4, -0.2) is 36.7 Å². The summed E-state index contributed by atoms with van der Waals surface area (Å²) in [5, 5.41) is 6.70.